The number of anilines is 1. The molecule has 5 rings (SSSR count). The number of piperazine rings is 1. The first kappa shape index (κ1) is 21.2. The van der Waals surface area contributed by atoms with Crippen LogP contribution in [0.1, 0.15) is 29.2 Å². The van der Waals surface area contributed by atoms with Crippen LogP contribution in [0.25, 0.3) is 4.96 Å². The number of aryl methyl sites for hydroxylation is 1. The minimum absolute atomic E-state index is 0.128. The zero-order chi connectivity index (χ0) is 22.2. The summed E-state index contributed by atoms with van der Waals surface area (Å²) in [5.41, 5.74) is 2.03. The number of thiazole rings is 1. The van der Waals surface area contributed by atoms with Crippen molar-refractivity contribution < 1.29 is 9.50 Å². The Morgan fingerprint density at radius 1 is 1.12 bits per heavy atom. The molecule has 0 unspecified atom stereocenters. The first-order valence-electron chi connectivity index (χ1n) is 10.6. The van der Waals surface area contributed by atoms with Gasteiger partial charge in [-0.3, -0.25) is 4.90 Å². The van der Waals surface area contributed by atoms with Gasteiger partial charge in [-0.15, -0.1) is 5.10 Å². The highest BCUT2D eigenvalue weighted by atomic mass is 35.5. The Labute approximate surface area is 194 Å². The minimum Gasteiger partial charge on any atom is -0.492 e. The van der Waals surface area contributed by atoms with Gasteiger partial charge < -0.3 is 10.0 Å². The molecule has 166 valence electrons. The molecule has 1 atom stereocenters. The molecule has 0 aliphatic carbocycles. The fraction of sp³-hybridized carbons (Fsp3) is 0.304. The summed E-state index contributed by atoms with van der Waals surface area (Å²) in [4.78, 5) is 10.6. The van der Waals surface area contributed by atoms with E-state index in [1.807, 2.05) is 43.3 Å². The SMILES string of the molecule is CCc1nc2sc([C@H](c3cccc(Cl)c3)N3CCN(c4ccc(F)cc4)CC3)c(O)n2n1. The third kappa shape index (κ3) is 3.94. The summed E-state index contributed by atoms with van der Waals surface area (Å²) in [5.74, 6) is 0.611. The summed E-state index contributed by atoms with van der Waals surface area (Å²) in [5, 5.41) is 16.1. The van der Waals surface area contributed by atoms with Gasteiger partial charge in [0, 0.05) is 43.3 Å². The van der Waals surface area contributed by atoms with E-state index >= 15 is 0 Å². The van der Waals surface area contributed by atoms with Gasteiger partial charge in [-0.25, -0.2) is 9.37 Å². The molecule has 1 aliphatic heterocycles. The zero-order valence-corrected chi connectivity index (χ0v) is 19.2. The average Bonchev–Trinajstić information content (AvgIpc) is 3.34. The van der Waals surface area contributed by atoms with Crippen LogP contribution in [0.5, 0.6) is 5.88 Å². The predicted octanol–water partition coefficient (Wildman–Crippen LogP) is 4.76. The third-order valence-electron chi connectivity index (χ3n) is 5.84. The molecule has 0 bridgehead atoms. The molecule has 0 amide bonds. The molecule has 1 aliphatic rings. The number of benzene rings is 2. The molecule has 32 heavy (non-hydrogen) atoms. The molecular weight excluding hydrogens is 449 g/mol. The van der Waals surface area contributed by atoms with Gasteiger partial charge >= 0.3 is 0 Å². The molecule has 1 saturated heterocycles. The Bertz CT molecular complexity index is 1230. The average molecular weight is 472 g/mol. The Kier molecular flexibility index (Phi) is 5.75. The molecule has 2 aromatic carbocycles. The monoisotopic (exact) mass is 471 g/mol. The lowest BCUT2D eigenvalue weighted by molar-refractivity contribution is 0.211. The highest BCUT2D eigenvalue weighted by Gasteiger charge is 2.32. The molecule has 1 fully saturated rings. The second-order valence-electron chi connectivity index (χ2n) is 7.82. The standard InChI is InChI=1S/C23H23ClFN5OS/c1-2-19-26-23-30(27-19)22(31)21(32-23)20(15-4-3-5-16(24)14-15)29-12-10-28(11-13-29)18-8-6-17(25)7-9-18/h3-9,14,20,31H,2,10-13H2,1H3/t20-/m0/s1. The lowest BCUT2D eigenvalue weighted by Crippen LogP contribution is -2.47. The molecule has 0 radical (unpaired) electrons. The molecule has 9 heteroatoms. The molecule has 6 nitrogen and oxygen atoms in total. The van der Waals surface area contributed by atoms with Gasteiger partial charge in [-0.05, 0) is 42.0 Å². The van der Waals surface area contributed by atoms with Crippen LogP contribution in [0.2, 0.25) is 5.02 Å². The van der Waals surface area contributed by atoms with Crippen molar-refractivity contribution in [3.63, 3.8) is 0 Å². The predicted molar refractivity (Wildman–Crippen MR) is 125 cm³/mol. The van der Waals surface area contributed by atoms with Crippen LogP contribution in [0.4, 0.5) is 10.1 Å². The minimum atomic E-state index is -0.230. The van der Waals surface area contributed by atoms with Crippen LogP contribution in [-0.4, -0.2) is 50.8 Å². The van der Waals surface area contributed by atoms with E-state index in [1.165, 1.54) is 28.0 Å². The van der Waals surface area contributed by atoms with Gasteiger partial charge in [-0.2, -0.15) is 4.52 Å². The Balaban J connectivity index is 1.47. The van der Waals surface area contributed by atoms with Crippen LogP contribution in [0.15, 0.2) is 48.5 Å². The van der Waals surface area contributed by atoms with Crippen LogP contribution in [0.3, 0.4) is 0 Å². The Hall–Kier alpha value is -2.68. The van der Waals surface area contributed by atoms with Crippen LogP contribution >= 0.6 is 22.9 Å². The van der Waals surface area contributed by atoms with Crippen molar-refractivity contribution >= 4 is 33.6 Å². The van der Waals surface area contributed by atoms with Crippen molar-refractivity contribution in [1.82, 2.24) is 19.5 Å². The molecule has 4 aromatic rings. The van der Waals surface area contributed by atoms with Crippen LogP contribution < -0.4 is 4.90 Å². The molecule has 0 spiro atoms. The van der Waals surface area contributed by atoms with E-state index in [0.29, 0.717) is 22.2 Å². The maximum atomic E-state index is 13.3. The second kappa shape index (κ2) is 8.69. The van der Waals surface area contributed by atoms with E-state index in [-0.39, 0.29) is 17.7 Å². The lowest BCUT2D eigenvalue weighted by atomic mass is 10.0. The first-order valence-corrected chi connectivity index (χ1v) is 11.8. The molecule has 2 aromatic heterocycles. The number of nitrogens with zero attached hydrogens (tertiary/aromatic N) is 5. The fourth-order valence-electron chi connectivity index (χ4n) is 4.21. The molecule has 3 heterocycles. The molecule has 0 saturated carbocycles. The fourth-order valence-corrected chi connectivity index (χ4v) is 5.55. The van der Waals surface area contributed by atoms with Gasteiger partial charge in [-0.1, -0.05) is 42.0 Å². The topological polar surface area (TPSA) is 56.9 Å². The quantitative estimate of drug-likeness (QED) is 0.454. The molecule has 1 N–H and O–H groups in total. The van der Waals surface area contributed by atoms with E-state index in [1.54, 1.807) is 0 Å². The summed E-state index contributed by atoms with van der Waals surface area (Å²) in [6, 6.07) is 14.2. The summed E-state index contributed by atoms with van der Waals surface area (Å²) in [6.45, 7) is 5.14. The lowest BCUT2D eigenvalue weighted by Gasteiger charge is -2.40. The maximum Gasteiger partial charge on any atom is 0.230 e. The van der Waals surface area contributed by atoms with E-state index < -0.39 is 0 Å². The van der Waals surface area contributed by atoms with Crippen LogP contribution in [0, 0.1) is 5.82 Å². The number of halogens is 2. The summed E-state index contributed by atoms with van der Waals surface area (Å²) < 4.78 is 14.8. The van der Waals surface area contributed by atoms with E-state index in [2.05, 4.69) is 19.9 Å². The number of fused-ring (bicyclic) bond motifs is 1. The van der Waals surface area contributed by atoms with Crippen molar-refractivity contribution in [2.24, 2.45) is 0 Å². The van der Waals surface area contributed by atoms with Crippen molar-refractivity contribution in [3.05, 3.63) is 75.6 Å². The summed E-state index contributed by atoms with van der Waals surface area (Å²) >= 11 is 7.78. The van der Waals surface area contributed by atoms with Gasteiger partial charge in [0.05, 0.1) is 10.9 Å². The number of hydrogen-bond acceptors (Lipinski definition) is 6. The number of aromatic nitrogens is 3. The van der Waals surface area contributed by atoms with Gasteiger partial charge in [0.2, 0.25) is 10.8 Å². The van der Waals surface area contributed by atoms with Crippen molar-refractivity contribution in [1.29, 1.82) is 0 Å². The highest BCUT2D eigenvalue weighted by Crippen LogP contribution is 2.41. The Morgan fingerprint density at radius 3 is 2.53 bits per heavy atom. The first-order chi connectivity index (χ1) is 15.5. The van der Waals surface area contributed by atoms with Crippen molar-refractivity contribution in [3.8, 4) is 5.88 Å². The number of hydrogen-bond donors (Lipinski definition) is 1. The van der Waals surface area contributed by atoms with Crippen molar-refractivity contribution in [2.75, 3.05) is 31.1 Å². The third-order valence-corrected chi connectivity index (χ3v) is 7.15. The van der Waals surface area contributed by atoms with Gasteiger partial charge in [0.15, 0.2) is 5.82 Å². The van der Waals surface area contributed by atoms with Crippen LogP contribution in [-0.2, 0) is 6.42 Å². The molecular formula is C23H23ClFN5OS. The van der Waals surface area contributed by atoms with E-state index in [9.17, 15) is 9.50 Å². The summed E-state index contributed by atoms with van der Waals surface area (Å²) in [6.07, 6.45) is 0.715. The normalized spacial score (nSPS) is 16.0. The largest absolute Gasteiger partial charge is 0.492 e. The van der Waals surface area contributed by atoms with E-state index in [4.69, 9.17) is 11.6 Å². The summed E-state index contributed by atoms with van der Waals surface area (Å²) in [7, 11) is 0. The number of aromatic hydroxyl groups is 1. The number of rotatable bonds is 5. The second-order valence-corrected chi connectivity index (χ2v) is 9.27. The van der Waals surface area contributed by atoms with E-state index in [0.717, 1.165) is 42.3 Å². The van der Waals surface area contributed by atoms with Crippen molar-refractivity contribution in [2.45, 2.75) is 19.4 Å². The smallest absolute Gasteiger partial charge is 0.230 e. The maximum absolute atomic E-state index is 13.3. The zero-order valence-electron chi connectivity index (χ0n) is 17.6. The van der Waals surface area contributed by atoms with Gasteiger partial charge in [0.1, 0.15) is 5.82 Å². The highest BCUT2D eigenvalue weighted by molar-refractivity contribution is 7.17. The Morgan fingerprint density at radius 2 is 1.88 bits per heavy atom. The van der Waals surface area contributed by atoms with Gasteiger partial charge in [0.25, 0.3) is 0 Å².